The van der Waals surface area contributed by atoms with Gasteiger partial charge in [0.1, 0.15) is 0 Å². The normalized spacial score (nSPS) is 15.1. The van der Waals surface area contributed by atoms with E-state index in [1.54, 1.807) is 4.90 Å². The smallest absolute Gasteiger partial charge is 0.227 e. The van der Waals surface area contributed by atoms with Crippen molar-refractivity contribution in [3.63, 3.8) is 0 Å². The molecule has 1 aromatic carbocycles. The van der Waals surface area contributed by atoms with E-state index in [0.717, 1.165) is 18.5 Å². The molecule has 0 unspecified atom stereocenters. The van der Waals surface area contributed by atoms with Crippen LogP contribution in [0.2, 0.25) is 0 Å². The Balaban J connectivity index is 2.33. The van der Waals surface area contributed by atoms with Crippen LogP contribution >= 0.6 is 0 Å². The van der Waals surface area contributed by atoms with E-state index in [0.29, 0.717) is 13.0 Å². The number of fused-ring (bicyclic) bond motifs is 1. The molecule has 0 spiro atoms. The summed E-state index contributed by atoms with van der Waals surface area (Å²) in [6, 6.07) is 6.03. The summed E-state index contributed by atoms with van der Waals surface area (Å²) in [5, 5.41) is 0. The van der Waals surface area contributed by atoms with E-state index in [1.165, 1.54) is 11.1 Å². The lowest BCUT2D eigenvalue weighted by molar-refractivity contribution is -0.118. The molecule has 1 aliphatic heterocycles. The molecule has 1 heterocycles. The van der Waals surface area contributed by atoms with Crippen molar-refractivity contribution in [2.45, 2.75) is 19.3 Å². The lowest BCUT2D eigenvalue weighted by atomic mass is 9.95. The van der Waals surface area contributed by atoms with Crippen LogP contribution < -0.4 is 10.8 Å². The molecule has 0 saturated heterocycles. The van der Waals surface area contributed by atoms with Gasteiger partial charge in [0.2, 0.25) is 5.91 Å². The number of nitrogens with zero attached hydrogens (tertiary/aromatic N) is 1. The quantitative estimate of drug-likeness (QED) is 0.774. The molecule has 0 saturated carbocycles. The lowest BCUT2D eigenvalue weighted by Gasteiger charge is -2.27. The van der Waals surface area contributed by atoms with Gasteiger partial charge in [0.25, 0.3) is 0 Å². The van der Waals surface area contributed by atoms with E-state index >= 15 is 0 Å². The molecular formula is C12H16N2O2. The Bertz CT molecular complexity index is 404. The first-order chi connectivity index (χ1) is 7.74. The third-order valence-corrected chi connectivity index (χ3v) is 3.06. The summed E-state index contributed by atoms with van der Waals surface area (Å²) in [6.07, 6.45) is 2.20. The Morgan fingerprint density at radius 2 is 2.25 bits per heavy atom. The third kappa shape index (κ3) is 1.94. The first kappa shape index (κ1) is 11.1. The Hall–Kier alpha value is -1.39. The van der Waals surface area contributed by atoms with Gasteiger partial charge in [0.05, 0.1) is 6.61 Å². The fourth-order valence-electron chi connectivity index (χ4n) is 2.16. The largest absolute Gasteiger partial charge is 0.315 e. The molecule has 4 heteroatoms. The number of carbonyl (C=O) groups excluding carboxylic acids is 1. The molecule has 16 heavy (non-hydrogen) atoms. The number of hydrogen-bond donors (Lipinski definition) is 1. The molecule has 0 aromatic heterocycles. The van der Waals surface area contributed by atoms with Crippen LogP contribution in [0.5, 0.6) is 0 Å². The van der Waals surface area contributed by atoms with Gasteiger partial charge in [-0.05, 0) is 30.0 Å². The Morgan fingerprint density at radius 1 is 1.44 bits per heavy atom. The minimum absolute atomic E-state index is 0.180. The molecular weight excluding hydrogens is 204 g/mol. The van der Waals surface area contributed by atoms with Crippen molar-refractivity contribution >= 4 is 11.6 Å². The molecule has 1 aliphatic rings. The van der Waals surface area contributed by atoms with Gasteiger partial charge in [-0.1, -0.05) is 12.1 Å². The fourth-order valence-corrected chi connectivity index (χ4v) is 2.16. The maximum Gasteiger partial charge on any atom is 0.227 e. The van der Waals surface area contributed by atoms with E-state index < -0.39 is 0 Å². The highest BCUT2D eigenvalue weighted by Crippen LogP contribution is 2.29. The molecule has 0 fully saturated rings. The third-order valence-electron chi connectivity index (χ3n) is 3.06. The minimum Gasteiger partial charge on any atom is -0.315 e. The number of nitrogens with two attached hydrogens (primary N) is 1. The van der Waals surface area contributed by atoms with Crippen molar-refractivity contribution in [2.24, 2.45) is 5.90 Å². The zero-order valence-corrected chi connectivity index (χ0v) is 9.40. The molecule has 2 rings (SSSR count). The molecule has 0 radical (unpaired) electrons. The first-order valence-electron chi connectivity index (χ1n) is 5.43. The van der Waals surface area contributed by atoms with Gasteiger partial charge >= 0.3 is 0 Å². The minimum atomic E-state index is 0.180. The van der Waals surface area contributed by atoms with Crippen molar-refractivity contribution in [1.82, 2.24) is 0 Å². The predicted molar refractivity (Wildman–Crippen MR) is 62.0 cm³/mol. The Labute approximate surface area is 94.9 Å². The first-order valence-corrected chi connectivity index (χ1v) is 5.43. The zero-order chi connectivity index (χ0) is 11.5. The summed E-state index contributed by atoms with van der Waals surface area (Å²) < 4.78 is 0. The number of amides is 1. The van der Waals surface area contributed by atoms with Crippen LogP contribution in [0.4, 0.5) is 5.69 Å². The standard InChI is InChI=1S/C12H16N2O2/c1-14-11-4-2-3-9(7-8-16-13)10(11)5-6-12(14)15/h2-4H,5-8,13H2,1H3. The van der Waals surface area contributed by atoms with Crippen molar-refractivity contribution in [1.29, 1.82) is 0 Å². The van der Waals surface area contributed by atoms with Gasteiger partial charge < -0.3 is 9.74 Å². The molecule has 0 atom stereocenters. The molecule has 0 bridgehead atoms. The van der Waals surface area contributed by atoms with Crippen molar-refractivity contribution < 1.29 is 9.63 Å². The molecule has 1 amide bonds. The number of rotatable bonds is 3. The monoisotopic (exact) mass is 220 g/mol. The Morgan fingerprint density at radius 3 is 3.00 bits per heavy atom. The van der Waals surface area contributed by atoms with Crippen LogP contribution in [-0.4, -0.2) is 19.6 Å². The highest BCUT2D eigenvalue weighted by atomic mass is 16.6. The second-order valence-corrected chi connectivity index (χ2v) is 3.99. The van der Waals surface area contributed by atoms with Gasteiger partial charge in [0.15, 0.2) is 0 Å². The number of hydrogen-bond acceptors (Lipinski definition) is 3. The van der Waals surface area contributed by atoms with E-state index in [-0.39, 0.29) is 5.91 Å². The Kier molecular flexibility index (Phi) is 3.22. The van der Waals surface area contributed by atoms with Crippen LogP contribution in [0, 0.1) is 0 Å². The number of benzene rings is 1. The van der Waals surface area contributed by atoms with E-state index in [2.05, 4.69) is 10.9 Å². The van der Waals surface area contributed by atoms with Crippen LogP contribution in [-0.2, 0) is 22.5 Å². The predicted octanol–water partition coefficient (Wildman–Crippen LogP) is 1.03. The van der Waals surface area contributed by atoms with Gasteiger partial charge in [-0.15, -0.1) is 0 Å². The van der Waals surface area contributed by atoms with Crippen molar-refractivity contribution in [2.75, 3.05) is 18.6 Å². The maximum absolute atomic E-state index is 11.6. The summed E-state index contributed by atoms with van der Waals surface area (Å²) >= 11 is 0. The molecule has 1 aromatic rings. The van der Waals surface area contributed by atoms with Gasteiger partial charge in [0, 0.05) is 19.2 Å². The summed E-state index contributed by atoms with van der Waals surface area (Å²) in [5.74, 6) is 5.22. The van der Waals surface area contributed by atoms with Crippen LogP contribution in [0.15, 0.2) is 18.2 Å². The summed E-state index contributed by atoms with van der Waals surface area (Å²) in [5.41, 5.74) is 3.50. The van der Waals surface area contributed by atoms with Crippen molar-refractivity contribution in [3.05, 3.63) is 29.3 Å². The molecule has 2 N–H and O–H groups in total. The summed E-state index contributed by atoms with van der Waals surface area (Å²) in [7, 11) is 1.82. The summed E-state index contributed by atoms with van der Waals surface area (Å²) in [6.45, 7) is 0.508. The zero-order valence-electron chi connectivity index (χ0n) is 9.40. The van der Waals surface area contributed by atoms with Crippen LogP contribution in [0.25, 0.3) is 0 Å². The molecule has 0 aliphatic carbocycles. The highest BCUT2D eigenvalue weighted by Gasteiger charge is 2.22. The number of carbonyl (C=O) groups is 1. The highest BCUT2D eigenvalue weighted by molar-refractivity contribution is 5.96. The van der Waals surface area contributed by atoms with E-state index in [1.807, 2.05) is 19.2 Å². The average molecular weight is 220 g/mol. The van der Waals surface area contributed by atoms with Gasteiger partial charge in [-0.2, -0.15) is 0 Å². The van der Waals surface area contributed by atoms with Gasteiger partial charge in [-0.3, -0.25) is 4.79 Å². The second kappa shape index (κ2) is 4.63. The maximum atomic E-state index is 11.6. The average Bonchev–Trinajstić information content (AvgIpc) is 2.31. The second-order valence-electron chi connectivity index (χ2n) is 3.99. The lowest BCUT2D eigenvalue weighted by Crippen LogP contribution is -2.31. The van der Waals surface area contributed by atoms with Crippen LogP contribution in [0.3, 0.4) is 0 Å². The van der Waals surface area contributed by atoms with Crippen molar-refractivity contribution in [3.8, 4) is 0 Å². The SMILES string of the molecule is CN1C(=O)CCc2c(CCON)cccc21. The fraction of sp³-hybridized carbons (Fsp3) is 0.417. The summed E-state index contributed by atoms with van der Waals surface area (Å²) in [4.78, 5) is 17.9. The topological polar surface area (TPSA) is 55.6 Å². The molecule has 86 valence electrons. The number of anilines is 1. The van der Waals surface area contributed by atoms with E-state index in [4.69, 9.17) is 5.90 Å². The van der Waals surface area contributed by atoms with Gasteiger partial charge in [-0.25, -0.2) is 5.90 Å². The van der Waals surface area contributed by atoms with E-state index in [9.17, 15) is 4.79 Å². The van der Waals surface area contributed by atoms with Crippen LogP contribution in [0.1, 0.15) is 17.5 Å². The molecule has 4 nitrogen and oxygen atoms in total.